The molecule has 2 unspecified atom stereocenters. The quantitative estimate of drug-likeness (QED) is 0.635. The van der Waals surface area contributed by atoms with Crippen molar-refractivity contribution >= 4 is 40.6 Å². The number of H-pyrrole nitrogens is 1. The van der Waals surface area contributed by atoms with E-state index in [4.69, 9.17) is 0 Å². The number of nitrogens with one attached hydrogen (secondary N) is 1. The molecule has 2 aliphatic rings. The molecule has 0 radical (unpaired) electrons. The zero-order valence-corrected chi connectivity index (χ0v) is 16.9. The van der Waals surface area contributed by atoms with Crippen molar-refractivity contribution in [3.05, 3.63) is 80.0 Å². The van der Waals surface area contributed by atoms with Crippen LogP contribution in [0.25, 0.3) is 0 Å². The van der Waals surface area contributed by atoms with E-state index in [0.717, 1.165) is 21.8 Å². The molecule has 1 fully saturated rings. The zero-order valence-electron chi connectivity index (χ0n) is 15.2. The lowest BCUT2D eigenvalue weighted by molar-refractivity contribution is -0.122. The summed E-state index contributed by atoms with van der Waals surface area (Å²) in [5, 5.41) is -0.0286. The number of anilines is 1. The standard InChI is InChI=1S/C21H15FN2O3S2/c1-10-2-8-13(9-3-10)24-19(25)15-14(11-4-6-12(22)7-5-11)16-18(23-21(27)29-16)28-17(15)20(24)26/h2-9,14-15,17H,1H3,(H,23,27)/t14-,15?,17?/m1/s1. The fourth-order valence-corrected chi connectivity index (χ4v) is 6.51. The van der Waals surface area contributed by atoms with Crippen LogP contribution in [-0.4, -0.2) is 22.0 Å². The number of aromatic nitrogens is 1. The van der Waals surface area contributed by atoms with Crippen LogP contribution in [0.2, 0.25) is 0 Å². The van der Waals surface area contributed by atoms with Gasteiger partial charge in [-0.2, -0.15) is 0 Å². The van der Waals surface area contributed by atoms with Gasteiger partial charge in [-0.05, 0) is 36.8 Å². The first-order valence-corrected chi connectivity index (χ1v) is 10.7. The SMILES string of the molecule is Cc1ccc(N2C(=O)C3Sc4[nH]c(=O)sc4[C@H](c4ccc(F)cc4)C3C2=O)cc1. The fourth-order valence-electron chi connectivity index (χ4n) is 3.99. The van der Waals surface area contributed by atoms with Gasteiger partial charge in [0.1, 0.15) is 11.1 Å². The van der Waals surface area contributed by atoms with Crippen LogP contribution >= 0.6 is 23.1 Å². The van der Waals surface area contributed by atoms with Crippen LogP contribution in [0.3, 0.4) is 0 Å². The van der Waals surface area contributed by atoms with Gasteiger partial charge in [-0.25, -0.2) is 9.29 Å². The summed E-state index contributed by atoms with van der Waals surface area (Å²) >= 11 is 2.27. The van der Waals surface area contributed by atoms with Gasteiger partial charge in [0.15, 0.2) is 0 Å². The number of thiazole rings is 1. The summed E-state index contributed by atoms with van der Waals surface area (Å²) in [6.45, 7) is 1.94. The van der Waals surface area contributed by atoms with E-state index in [9.17, 15) is 18.8 Å². The molecule has 2 aliphatic heterocycles. The van der Waals surface area contributed by atoms with Gasteiger partial charge in [-0.3, -0.25) is 14.4 Å². The Bertz CT molecular complexity index is 1180. The number of hydrogen-bond donors (Lipinski definition) is 1. The molecule has 8 heteroatoms. The van der Waals surface area contributed by atoms with Crippen molar-refractivity contribution in [2.24, 2.45) is 5.92 Å². The van der Waals surface area contributed by atoms with Crippen LogP contribution in [0.5, 0.6) is 0 Å². The van der Waals surface area contributed by atoms with Crippen molar-refractivity contribution in [1.29, 1.82) is 0 Å². The van der Waals surface area contributed by atoms with Crippen LogP contribution in [0.4, 0.5) is 10.1 Å². The highest BCUT2D eigenvalue weighted by atomic mass is 32.2. The third-order valence-corrected chi connectivity index (χ3v) is 7.75. The lowest BCUT2D eigenvalue weighted by Gasteiger charge is -2.29. The number of aromatic amines is 1. The van der Waals surface area contributed by atoms with Gasteiger partial charge < -0.3 is 4.98 Å². The van der Waals surface area contributed by atoms with Gasteiger partial charge in [0.05, 0.1) is 16.6 Å². The third-order valence-electron chi connectivity index (χ3n) is 5.35. The van der Waals surface area contributed by atoms with E-state index in [1.165, 1.54) is 28.8 Å². The van der Waals surface area contributed by atoms with E-state index in [1.54, 1.807) is 24.3 Å². The van der Waals surface area contributed by atoms with Crippen molar-refractivity contribution < 1.29 is 14.0 Å². The maximum atomic E-state index is 13.5. The molecule has 146 valence electrons. The van der Waals surface area contributed by atoms with E-state index in [0.29, 0.717) is 16.3 Å². The Morgan fingerprint density at radius 1 is 0.966 bits per heavy atom. The van der Waals surface area contributed by atoms with Crippen LogP contribution in [0.1, 0.15) is 21.9 Å². The van der Waals surface area contributed by atoms with Crippen molar-refractivity contribution in [2.45, 2.75) is 23.1 Å². The van der Waals surface area contributed by atoms with Crippen LogP contribution < -0.4 is 9.77 Å². The summed E-state index contributed by atoms with van der Waals surface area (Å²) in [5.41, 5.74) is 2.28. The van der Waals surface area contributed by atoms with E-state index < -0.39 is 17.1 Å². The number of carbonyl (C=O) groups excluding carboxylic acids is 2. The number of halogens is 1. The Kier molecular flexibility index (Phi) is 4.22. The Labute approximate surface area is 173 Å². The molecule has 5 nitrogen and oxygen atoms in total. The van der Waals surface area contributed by atoms with Crippen LogP contribution in [0.15, 0.2) is 58.4 Å². The first-order valence-electron chi connectivity index (χ1n) is 9.03. The number of carbonyl (C=O) groups is 2. The van der Waals surface area contributed by atoms with Crippen LogP contribution in [-0.2, 0) is 9.59 Å². The Hall–Kier alpha value is -2.71. The average Bonchev–Trinajstić information content (AvgIpc) is 3.19. The average molecular weight is 426 g/mol. The molecule has 2 amide bonds. The summed E-state index contributed by atoms with van der Waals surface area (Å²) in [6, 6.07) is 13.1. The summed E-state index contributed by atoms with van der Waals surface area (Å²) in [7, 11) is 0. The van der Waals surface area contributed by atoms with Crippen molar-refractivity contribution in [3.8, 4) is 0 Å². The number of fused-ring (bicyclic) bond motifs is 2. The molecule has 3 aromatic rings. The summed E-state index contributed by atoms with van der Waals surface area (Å²) in [4.78, 5) is 43.2. The molecule has 2 aromatic carbocycles. The normalized spacial score (nSPS) is 23.2. The van der Waals surface area contributed by atoms with Gasteiger partial charge >= 0.3 is 4.87 Å². The Balaban J connectivity index is 1.64. The maximum absolute atomic E-state index is 13.5. The Morgan fingerprint density at radius 3 is 2.34 bits per heavy atom. The molecule has 0 bridgehead atoms. The molecule has 0 spiro atoms. The van der Waals surface area contributed by atoms with Crippen LogP contribution in [0, 0.1) is 18.7 Å². The highest BCUT2D eigenvalue weighted by Gasteiger charge is 2.56. The number of thioether (sulfide) groups is 1. The van der Waals surface area contributed by atoms with E-state index in [1.807, 2.05) is 19.1 Å². The van der Waals surface area contributed by atoms with Gasteiger partial charge in [-0.15, -0.1) is 0 Å². The lowest BCUT2D eigenvalue weighted by atomic mass is 9.83. The second-order valence-electron chi connectivity index (χ2n) is 7.15. The highest BCUT2D eigenvalue weighted by molar-refractivity contribution is 8.00. The van der Waals surface area contributed by atoms with Gasteiger partial charge in [-0.1, -0.05) is 52.9 Å². The van der Waals surface area contributed by atoms with Crippen molar-refractivity contribution in [2.75, 3.05) is 4.90 Å². The number of rotatable bonds is 2. The number of hydrogen-bond acceptors (Lipinski definition) is 5. The summed E-state index contributed by atoms with van der Waals surface area (Å²) in [5.74, 6) is -2.10. The maximum Gasteiger partial charge on any atom is 0.305 e. The summed E-state index contributed by atoms with van der Waals surface area (Å²) < 4.78 is 13.5. The molecule has 0 aliphatic carbocycles. The molecule has 1 aromatic heterocycles. The Morgan fingerprint density at radius 2 is 1.66 bits per heavy atom. The molecule has 1 N–H and O–H groups in total. The predicted octanol–water partition coefficient (Wildman–Crippen LogP) is 3.68. The molecule has 1 saturated heterocycles. The largest absolute Gasteiger partial charge is 0.307 e. The minimum Gasteiger partial charge on any atom is -0.307 e. The second kappa shape index (κ2) is 6.67. The lowest BCUT2D eigenvalue weighted by Crippen LogP contribution is -2.32. The molecule has 29 heavy (non-hydrogen) atoms. The number of nitrogens with zero attached hydrogens (tertiary/aromatic N) is 1. The number of imide groups is 1. The monoisotopic (exact) mass is 426 g/mol. The zero-order chi connectivity index (χ0) is 20.3. The first-order chi connectivity index (χ1) is 13.9. The van der Waals surface area contributed by atoms with Gasteiger partial charge in [0.2, 0.25) is 11.8 Å². The van der Waals surface area contributed by atoms with Crippen molar-refractivity contribution in [1.82, 2.24) is 4.98 Å². The molecular formula is C21H15FN2O3S2. The van der Waals surface area contributed by atoms with E-state index in [-0.39, 0.29) is 22.5 Å². The summed E-state index contributed by atoms with van der Waals surface area (Å²) in [6.07, 6.45) is 0. The third kappa shape index (κ3) is 2.86. The minimum absolute atomic E-state index is 0.232. The molecule has 0 saturated carbocycles. The predicted molar refractivity (Wildman–Crippen MR) is 110 cm³/mol. The minimum atomic E-state index is -0.654. The smallest absolute Gasteiger partial charge is 0.305 e. The first kappa shape index (κ1) is 18.3. The van der Waals surface area contributed by atoms with E-state index >= 15 is 0 Å². The fraction of sp³-hybridized carbons (Fsp3) is 0.190. The van der Waals surface area contributed by atoms with E-state index in [2.05, 4.69) is 4.98 Å². The number of amides is 2. The topological polar surface area (TPSA) is 70.2 Å². The number of benzene rings is 2. The molecule has 3 heterocycles. The van der Waals surface area contributed by atoms with Gasteiger partial charge in [0.25, 0.3) is 0 Å². The van der Waals surface area contributed by atoms with Gasteiger partial charge in [0, 0.05) is 10.8 Å². The molecular weight excluding hydrogens is 411 g/mol. The second-order valence-corrected chi connectivity index (χ2v) is 9.32. The molecule has 3 atom stereocenters. The van der Waals surface area contributed by atoms with Crippen molar-refractivity contribution in [3.63, 3.8) is 0 Å². The highest BCUT2D eigenvalue weighted by Crippen LogP contribution is 2.53. The molecule has 5 rings (SSSR count). The number of aryl methyl sites for hydroxylation is 1.